The van der Waals surface area contributed by atoms with Crippen molar-refractivity contribution >= 4 is 23.2 Å². The zero-order valence-electron chi connectivity index (χ0n) is 20.8. The summed E-state index contributed by atoms with van der Waals surface area (Å²) in [6, 6.07) is 24.8. The van der Waals surface area contributed by atoms with Gasteiger partial charge in [0.15, 0.2) is 5.82 Å². The van der Waals surface area contributed by atoms with Gasteiger partial charge in [-0.25, -0.2) is 15.0 Å². The molecule has 6 rings (SSSR count). The molecule has 0 aliphatic carbocycles. The van der Waals surface area contributed by atoms with Crippen LogP contribution in [0.5, 0.6) is 5.75 Å². The summed E-state index contributed by atoms with van der Waals surface area (Å²) in [5.41, 5.74) is 3.27. The van der Waals surface area contributed by atoms with Crippen molar-refractivity contribution < 1.29 is 14.2 Å². The molecular weight excluding hydrogens is 535 g/mol. The number of hydrogen-bond acceptors (Lipinski definition) is 6. The molecular formula is C30H24Cl2N4O3. The van der Waals surface area contributed by atoms with Gasteiger partial charge in [-0.2, -0.15) is 0 Å². The van der Waals surface area contributed by atoms with Crippen molar-refractivity contribution in [3.63, 3.8) is 0 Å². The standard InChI is InChI=1S/C30H24Cl2N4O3/c31-22-10-11-25(26(32)16-22)30(19-36-15-14-33-20-36)38-18-23(39-30)17-37-28-9-5-4-8-24(28)27-12-13-34-29(35-27)21-6-2-1-3-7-21/h1-16,20,23H,17-19H2. The third kappa shape index (κ3) is 5.53. The molecule has 1 aliphatic rings. The lowest BCUT2D eigenvalue weighted by Gasteiger charge is -2.30. The Morgan fingerprint density at radius 3 is 2.64 bits per heavy atom. The second-order valence-corrected chi connectivity index (χ2v) is 9.95. The number of hydrogen-bond donors (Lipinski definition) is 0. The molecule has 3 heterocycles. The van der Waals surface area contributed by atoms with Crippen molar-refractivity contribution in [1.29, 1.82) is 0 Å². The summed E-state index contributed by atoms with van der Waals surface area (Å²) in [7, 11) is 0. The maximum absolute atomic E-state index is 6.59. The maximum atomic E-state index is 6.59. The Labute approximate surface area is 236 Å². The molecule has 0 bridgehead atoms. The molecule has 7 nitrogen and oxygen atoms in total. The van der Waals surface area contributed by atoms with E-state index in [1.807, 2.05) is 77.5 Å². The van der Waals surface area contributed by atoms with Gasteiger partial charge in [0.05, 0.1) is 30.2 Å². The van der Waals surface area contributed by atoms with Crippen molar-refractivity contribution in [1.82, 2.24) is 19.5 Å². The number of aromatic nitrogens is 4. The summed E-state index contributed by atoms with van der Waals surface area (Å²) in [6.45, 7) is 0.955. The molecule has 0 spiro atoms. The molecule has 196 valence electrons. The minimum Gasteiger partial charge on any atom is -0.490 e. The SMILES string of the molecule is Clc1ccc(C2(Cn3ccnc3)OCC(COc3ccccc3-c3ccnc(-c4ccccc4)n3)O2)c(Cl)c1. The predicted octanol–water partition coefficient (Wildman–Crippen LogP) is 6.66. The summed E-state index contributed by atoms with van der Waals surface area (Å²) >= 11 is 12.8. The molecule has 2 aromatic heterocycles. The Morgan fingerprint density at radius 1 is 0.974 bits per heavy atom. The summed E-state index contributed by atoms with van der Waals surface area (Å²) in [4.78, 5) is 13.4. The molecule has 0 N–H and O–H groups in total. The average molecular weight is 559 g/mol. The lowest BCUT2D eigenvalue weighted by molar-refractivity contribution is -0.189. The zero-order chi connectivity index (χ0) is 26.7. The Hall–Kier alpha value is -3.75. The summed E-state index contributed by atoms with van der Waals surface area (Å²) in [5, 5.41) is 1.00. The maximum Gasteiger partial charge on any atom is 0.215 e. The Bertz CT molecular complexity index is 1570. The molecule has 1 saturated heterocycles. The van der Waals surface area contributed by atoms with E-state index in [0.29, 0.717) is 40.3 Å². The van der Waals surface area contributed by atoms with E-state index < -0.39 is 5.79 Å². The number of para-hydroxylation sites is 1. The zero-order valence-corrected chi connectivity index (χ0v) is 22.3. The van der Waals surface area contributed by atoms with Crippen LogP contribution in [0.4, 0.5) is 0 Å². The number of halogens is 2. The van der Waals surface area contributed by atoms with Crippen LogP contribution in [-0.2, 0) is 21.8 Å². The van der Waals surface area contributed by atoms with E-state index in [9.17, 15) is 0 Å². The molecule has 39 heavy (non-hydrogen) atoms. The molecule has 0 amide bonds. The van der Waals surface area contributed by atoms with E-state index in [1.165, 1.54) is 0 Å². The van der Waals surface area contributed by atoms with Gasteiger partial charge in [-0.15, -0.1) is 0 Å². The number of ether oxygens (including phenoxy) is 3. The summed E-state index contributed by atoms with van der Waals surface area (Å²) in [6.07, 6.45) is 6.68. The van der Waals surface area contributed by atoms with Gasteiger partial charge in [-0.1, -0.05) is 71.7 Å². The molecule has 3 aromatic carbocycles. The van der Waals surface area contributed by atoms with Crippen LogP contribution in [0.25, 0.3) is 22.6 Å². The highest BCUT2D eigenvalue weighted by atomic mass is 35.5. The first-order chi connectivity index (χ1) is 19.1. The lowest BCUT2D eigenvalue weighted by Crippen LogP contribution is -2.34. The predicted molar refractivity (Wildman–Crippen MR) is 150 cm³/mol. The number of imidazole rings is 1. The van der Waals surface area contributed by atoms with Crippen molar-refractivity contribution in [2.24, 2.45) is 0 Å². The van der Waals surface area contributed by atoms with Gasteiger partial charge in [0.2, 0.25) is 5.79 Å². The molecule has 0 radical (unpaired) electrons. The van der Waals surface area contributed by atoms with E-state index in [4.69, 9.17) is 42.4 Å². The minimum absolute atomic E-state index is 0.268. The van der Waals surface area contributed by atoms with E-state index in [2.05, 4.69) is 9.97 Å². The summed E-state index contributed by atoms with van der Waals surface area (Å²) < 4.78 is 21.0. The normalized spacial score (nSPS) is 18.8. The van der Waals surface area contributed by atoms with Crippen LogP contribution in [0.1, 0.15) is 5.56 Å². The van der Waals surface area contributed by atoms with Gasteiger partial charge >= 0.3 is 0 Å². The largest absolute Gasteiger partial charge is 0.490 e. The van der Waals surface area contributed by atoms with Crippen LogP contribution in [0.15, 0.2) is 104 Å². The van der Waals surface area contributed by atoms with Gasteiger partial charge in [-0.3, -0.25) is 0 Å². The highest BCUT2D eigenvalue weighted by Crippen LogP contribution is 2.41. The number of rotatable bonds is 8. The fraction of sp³-hybridized carbons (Fsp3) is 0.167. The lowest BCUT2D eigenvalue weighted by atomic mass is 10.1. The van der Waals surface area contributed by atoms with E-state index in [-0.39, 0.29) is 12.7 Å². The van der Waals surface area contributed by atoms with Gasteiger partial charge in [0.1, 0.15) is 18.5 Å². The van der Waals surface area contributed by atoms with Crippen LogP contribution in [0, 0.1) is 0 Å². The van der Waals surface area contributed by atoms with Gasteiger partial charge in [0.25, 0.3) is 0 Å². The topological polar surface area (TPSA) is 71.3 Å². The van der Waals surface area contributed by atoms with Gasteiger partial charge in [0, 0.05) is 40.3 Å². The molecule has 2 atom stereocenters. The highest BCUT2D eigenvalue weighted by Gasteiger charge is 2.45. The highest BCUT2D eigenvalue weighted by molar-refractivity contribution is 6.35. The quantitative estimate of drug-likeness (QED) is 0.212. The first kappa shape index (κ1) is 25.5. The number of benzene rings is 3. The van der Waals surface area contributed by atoms with E-state index in [0.717, 1.165) is 16.8 Å². The minimum atomic E-state index is -1.12. The van der Waals surface area contributed by atoms with Gasteiger partial charge < -0.3 is 18.8 Å². The fourth-order valence-corrected chi connectivity index (χ4v) is 5.15. The molecule has 5 aromatic rings. The summed E-state index contributed by atoms with van der Waals surface area (Å²) in [5.74, 6) is 0.225. The van der Waals surface area contributed by atoms with Crippen LogP contribution >= 0.6 is 23.2 Å². The second-order valence-electron chi connectivity index (χ2n) is 9.10. The van der Waals surface area contributed by atoms with Crippen LogP contribution in [0.2, 0.25) is 10.0 Å². The van der Waals surface area contributed by atoms with Crippen molar-refractivity contribution in [2.75, 3.05) is 13.2 Å². The number of nitrogens with zero attached hydrogens (tertiary/aromatic N) is 4. The van der Waals surface area contributed by atoms with Crippen LogP contribution in [-0.4, -0.2) is 38.8 Å². The molecule has 2 unspecified atom stereocenters. The Balaban J connectivity index is 1.23. The van der Waals surface area contributed by atoms with Crippen molar-refractivity contribution in [3.05, 3.63) is 119 Å². The molecule has 9 heteroatoms. The third-order valence-electron chi connectivity index (χ3n) is 6.43. The van der Waals surface area contributed by atoms with Crippen LogP contribution < -0.4 is 4.74 Å². The smallest absolute Gasteiger partial charge is 0.215 e. The molecule has 1 fully saturated rings. The van der Waals surface area contributed by atoms with Crippen LogP contribution in [0.3, 0.4) is 0 Å². The molecule has 1 aliphatic heterocycles. The van der Waals surface area contributed by atoms with E-state index >= 15 is 0 Å². The third-order valence-corrected chi connectivity index (χ3v) is 6.97. The average Bonchev–Trinajstić information content (AvgIpc) is 3.63. The van der Waals surface area contributed by atoms with Crippen molar-refractivity contribution in [3.8, 4) is 28.4 Å². The van der Waals surface area contributed by atoms with Gasteiger partial charge in [-0.05, 0) is 30.3 Å². The van der Waals surface area contributed by atoms with E-state index in [1.54, 1.807) is 30.9 Å². The monoisotopic (exact) mass is 558 g/mol. The first-order valence-electron chi connectivity index (χ1n) is 12.4. The molecule has 0 saturated carbocycles. The first-order valence-corrected chi connectivity index (χ1v) is 13.2. The Morgan fingerprint density at radius 2 is 1.82 bits per heavy atom. The van der Waals surface area contributed by atoms with Crippen molar-refractivity contribution in [2.45, 2.75) is 18.4 Å². The Kier molecular flexibility index (Phi) is 7.30. The fourth-order valence-electron chi connectivity index (χ4n) is 4.60. The second kappa shape index (κ2) is 11.2.